The Kier molecular flexibility index (Phi) is 6.49. The highest BCUT2D eigenvalue weighted by atomic mass is 35.5. The summed E-state index contributed by atoms with van der Waals surface area (Å²) in [5.41, 5.74) is 2.01. The van der Waals surface area contributed by atoms with Crippen LogP contribution in [0.4, 0.5) is 5.69 Å². The monoisotopic (exact) mass is 418 g/mol. The van der Waals surface area contributed by atoms with E-state index in [4.69, 9.17) is 21.1 Å². The molecule has 8 heteroatoms. The number of fused-ring (bicyclic) bond motifs is 1. The fourth-order valence-corrected chi connectivity index (χ4v) is 3.67. The molecule has 0 atom stereocenters. The largest absolute Gasteiger partial charge is 0.497 e. The molecule has 0 aliphatic rings. The Hall–Kier alpha value is -2.64. The molecule has 0 bridgehead atoms. The number of carbonyl (C=O) groups is 1. The third-order valence-electron chi connectivity index (χ3n) is 4.02. The van der Waals surface area contributed by atoms with Crippen molar-refractivity contribution >= 4 is 45.9 Å². The average Bonchev–Trinajstić information content (AvgIpc) is 2.68. The van der Waals surface area contributed by atoms with Gasteiger partial charge in [0.25, 0.3) is 0 Å². The maximum Gasteiger partial charge on any atom is 0.234 e. The number of carbonyl (C=O) groups excluding carboxylic acids is 1. The molecule has 0 unspecified atom stereocenters. The van der Waals surface area contributed by atoms with Gasteiger partial charge in [-0.2, -0.15) is 0 Å². The van der Waals surface area contributed by atoms with Gasteiger partial charge >= 0.3 is 0 Å². The molecular formula is C20H19ClN2O4S. The summed E-state index contributed by atoms with van der Waals surface area (Å²) in [5.74, 6) is 1.78. The minimum atomic E-state index is -0.154. The number of rotatable bonds is 7. The van der Waals surface area contributed by atoms with E-state index in [1.165, 1.54) is 18.9 Å². The Balaban J connectivity index is 1.59. The predicted molar refractivity (Wildman–Crippen MR) is 114 cm³/mol. The van der Waals surface area contributed by atoms with Crippen molar-refractivity contribution in [3.63, 3.8) is 0 Å². The number of anilines is 1. The molecule has 0 radical (unpaired) electrons. The summed E-state index contributed by atoms with van der Waals surface area (Å²) in [6.45, 7) is 0. The number of aromatic nitrogens is 1. The Labute approximate surface area is 171 Å². The van der Waals surface area contributed by atoms with Crippen molar-refractivity contribution in [2.24, 2.45) is 0 Å². The lowest BCUT2D eigenvalue weighted by molar-refractivity contribution is -0.113. The molecule has 0 aliphatic heterocycles. The summed E-state index contributed by atoms with van der Waals surface area (Å²) >= 11 is 7.46. The fraction of sp³-hybridized carbons (Fsp3) is 0.200. The minimum absolute atomic E-state index is 0.0828. The maximum atomic E-state index is 12.3. The summed E-state index contributed by atoms with van der Waals surface area (Å²) in [7, 11) is 3.09. The van der Waals surface area contributed by atoms with Gasteiger partial charge in [0.15, 0.2) is 5.43 Å². The highest BCUT2D eigenvalue weighted by Gasteiger charge is 2.08. The van der Waals surface area contributed by atoms with Gasteiger partial charge in [0, 0.05) is 34.1 Å². The standard InChI is InChI=1S/C20H19ClN2O4S/c1-26-14-4-5-17-15(9-14)18(24)8-13(22-17)10-28-11-20(25)23-12-3-6-19(27-2)16(21)7-12/h3-9H,10-11H2,1-2H3,(H,22,24)(H,23,25). The summed E-state index contributed by atoms with van der Waals surface area (Å²) in [6, 6.07) is 11.9. The molecule has 1 aromatic heterocycles. The van der Waals surface area contributed by atoms with Crippen LogP contribution in [0, 0.1) is 0 Å². The molecule has 0 fully saturated rings. The van der Waals surface area contributed by atoms with Crippen molar-refractivity contribution in [2.45, 2.75) is 5.75 Å². The topological polar surface area (TPSA) is 80.4 Å². The number of hydrogen-bond acceptors (Lipinski definition) is 5. The summed E-state index contributed by atoms with van der Waals surface area (Å²) < 4.78 is 10.2. The maximum absolute atomic E-state index is 12.3. The molecule has 3 aromatic rings. The van der Waals surface area contributed by atoms with Gasteiger partial charge in [-0.15, -0.1) is 11.8 Å². The Morgan fingerprint density at radius 3 is 2.68 bits per heavy atom. The van der Waals surface area contributed by atoms with Gasteiger partial charge < -0.3 is 19.8 Å². The van der Waals surface area contributed by atoms with Gasteiger partial charge in [-0.05, 0) is 36.4 Å². The van der Waals surface area contributed by atoms with Crippen LogP contribution in [0.1, 0.15) is 5.69 Å². The molecule has 1 heterocycles. The van der Waals surface area contributed by atoms with Crippen molar-refractivity contribution in [3.05, 3.63) is 63.4 Å². The van der Waals surface area contributed by atoms with E-state index in [1.807, 2.05) is 6.07 Å². The summed E-state index contributed by atoms with van der Waals surface area (Å²) in [6.07, 6.45) is 0. The second kappa shape index (κ2) is 9.03. The van der Waals surface area contributed by atoms with Gasteiger partial charge in [-0.1, -0.05) is 11.6 Å². The molecule has 0 saturated carbocycles. The van der Waals surface area contributed by atoms with Crippen LogP contribution in [0.5, 0.6) is 11.5 Å². The second-order valence-electron chi connectivity index (χ2n) is 5.96. The third-order valence-corrected chi connectivity index (χ3v) is 5.30. The van der Waals surface area contributed by atoms with Crippen LogP contribution in [0.25, 0.3) is 10.9 Å². The molecule has 3 rings (SSSR count). The van der Waals surface area contributed by atoms with Crippen molar-refractivity contribution in [1.82, 2.24) is 4.98 Å². The smallest absolute Gasteiger partial charge is 0.234 e. The molecular weight excluding hydrogens is 400 g/mol. The van der Waals surface area contributed by atoms with E-state index in [0.717, 1.165) is 11.2 Å². The number of amides is 1. The SMILES string of the molecule is COc1ccc2[nH]c(CSCC(=O)Nc3ccc(OC)c(Cl)c3)cc(=O)c2c1. The molecule has 146 valence electrons. The summed E-state index contributed by atoms with van der Waals surface area (Å²) in [4.78, 5) is 27.7. The molecule has 28 heavy (non-hydrogen) atoms. The molecule has 1 amide bonds. The number of thioether (sulfide) groups is 1. The number of methoxy groups -OCH3 is 2. The van der Waals surface area contributed by atoms with E-state index in [0.29, 0.717) is 33.3 Å². The number of pyridine rings is 1. The number of benzene rings is 2. The van der Waals surface area contributed by atoms with E-state index < -0.39 is 0 Å². The van der Waals surface area contributed by atoms with E-state index in [9.17, 15) is 9.59 Å². The van der Waals surface area contributed by atoms with Gasteiger partial charge in [0.2, 0.25) is 5.91 Å². The van der Waals surface area contributed by atoms with Gasteiger partial charge in [-0.25, -0.2) is 0 Å². The van der Waals surface area contributed by atoms with E-state index in [-0.39, 0.29) is 17.1 Å². The van der Waals surface area contributed by atoms with Crippen LogP contribution in [0.2, 0.25) is 5.02 Å². The van der Waals surface area contributed by atoms with E-state index >= 15 is 0 Å². The molecule has 0 aliphatic carbocycles. The van der Waals surface area contributed by atoms with Gasteiger partial charge in [-0.3, -0.25) is 9.59 Å². The zero-order valence-corrected chi connectivity index (χ0v) is 16.9. The normalized spacial score (nSPS) is 10.7. The number of hydrogen-bond donors (Lipinski definition) is 2. The zero-order chi connectivity index (χ0) is 20.1. The van der Waals surface area contributed by atoms with Crippen LogP contribution < -0.4 is 20.2 Å². The van der Waals surface area contributed by atoms with E-state index in [2.05, 4.69) is 10.3 Å². The van der Waals surface area contributed by atoms with Crippen molar-refractivity contribution < 1.29 is 14.3 Å². The van der Waals surface area contributed by atoms with Crippen molar-refractivity contribution in [1.29, 1.82) is 0 Å². The van der Waals surface area contributed by atoms with Crippen molar-refractivity contribution in [3.8, 4) is 11.5 Å². The number of nitrogens with one attached hydrogen (secondary N) is 2. The molecule has 2 N–H and O–H groups in total. The Bertz CT molecular complexity index is 1070. The Morgan fingerprint density at radius 1 is 1.14 bits per heavy atom. The van der Waals surface area contributed by atoms with E-state index in [1.54, 1.807) is 43.5 Å². The van der Waals surface area contributed by atoms with Gasteiger partial charge in [0.1, 0.15) is 11.5 Å². The average molecular weight is 419 g/mol. The third kappa shape index (κ3) is 4.79. The summed E-state index contributed by atoms with van der Waals surface area (Å²) in [5, 5.41) is 3.79. The van der Waals surface area contributed by atoms with Gasteiger partial charge in [0.05, 0.1) is 25.0 Å². The first-order valence-corrected chi connectivity index (χ1v) is 9.94. The number of halogens is 1. The lowest BCUT2D eigenvalue weighted by atomic mass is 10.2. The van der Waals surface area contributed by atoms with Crippen LogP contribution >= 0.6 is 23.4 Å². The highest BCUT2D eigenvalue weighted by molar-refractivity contribution is 7.99. The zero-order valence-electron chi connectivity index (χ0n) is 15.4. The Morgan fingerprint density at radius 2 is 1.96 bits per heavy atom. The first-order chi connectivity index (χ1) is 13.5. The van der Waals surface area contributed by atoms with Crippen LogP contribution in [-0.4, -0.2) is 30.9 Å². The molecule has 0 saturated heterocycles. The number of aromatic amines is 1. The molecule has 2 aromatic carbocycles. The van der Waals surface area contributed by atoms with Crippen LogP contribution in [0.15, 0.2) is 47.3 Å². The lowest BCUT2D eigenvalue weighted by Gasteiger charge is -2.08. The first kappa shape index (κ1) is 20.1. The van der Waals surface area contributed by atoms with Crippen molar-refractivity contribution in [2.75, 3.05) is 25.3 Å². The second-order valence-corrected chi connectivity index (χ2v) is 7.35. The molecule has 6 nitrogen and oxygen atoms in total. The van der Waals surface area contributed by atoms with Crippen LogP contribution in [-0.2, 0) is 10.5 Å². The minimum Gasteiger partial charge on any atom is -0.497 e. The fourth-order valence-electron chi connectivity index (χ4n) is 2.68. The predicted octanol–water partition coefficient (Wildman–Crippen LogP) is 4.07. The lowest BCUT2D eigenvalue weighted by Crippen LogP contribution is -2.14. The number of ether oxygens (including phenoxy) is 2. The quantitative estimate of drug-likeness (QED) is 0.604. The number of H-pyrrole nitrogens is 1. The first-order valence-electron chi connectivity index (χ1n) is 8.41. The highest BCUT2D eigenvalue weighted by Crippen LogP contribution is 2.27. The molecule has 0 spiro atoms. The van der Waals surface area contributed by atoms with Crippen LogP contribution in [0.3, 0.4) is 0 Å².